The van der Waals surface area contributed by atoms with Crippen LogP contribution in [0.25, 0.3) is 5.70 Å². The summed E-state index contributed by atoms with van der Waals surface area (Å²) < 4.78 is 0. The second kappa shape index (κ2) is 11.8. The normalized spacial score (nSPS) is 18.1. The predicted octanol–water partition coefficient (Wildman–Crippen LogP) is 8.57. The summed E-state index contributed by atoms with van der Waals surface area (Å²) in [7, 11) is 2.14. The Hall–Kier alpha value is -2.48. The van der Waals surface area contributed by atoms with Crippen molar-refractivity contribution in [1.82, 2.24) is 10.2 Å². The molecule has 0 aromatic heterocycles. The van der Waals surface area contributed by atoms with Crippen molar-refractivity contribution in [3.8, 4) is 0 Å². The molecule has 2 unspecified atom stereocenters. The molecule has 2 heteroatoms. The average molecular weight is 461 g/mol. The van der Waals surface area contributed by atoms with Crippen LogP contribution >= 0.6 is 0 Å². The first kappa shape index (κ1) is 27.8. The quantitative estimate of drug-likeness (QED) is 0.371. The summed E-state index contributed by atoms with van der Waals surface area (Å²) in [5.74, 6) is 1.20. The summed E-state index contributed by atoms with van der Waals surface area (Å²) >= 11 is 0. The monoisotopic (exact) mass is 460 g/mol. The second-order valence-corrected chi connectivity index (χ2v) is 11.5. The molecule has 0 aliphatic heterocycles. The van der Waals surface area contributed by atoms with Gasteiger partial charge in [0.1, 0.15) is 0 Å². The predicted molar refractivity (Wildman–Crippen MR) is 151 cm³/mol. The van der Waals surface area contributed by atoms with Gasteiger partial charge < -0.3 is 10.2 Å². The first-order valence-electron chi connectivity index (χ1n) is 12.8. The van der Waals surface area contributed by atoms with Crippen LogP contribution in [0.5, 0.6) is 0 Å². The minimum absolute atomic E-state index is 0.0357. The summed E-state index contributed by atoms with van der Waals surface area (Å²) in [4.78, 5) is 2.25. The van der Waals surface area contributed by atoms with E-state index >= 15 is 0 Å². The van der Waals surface area contributed by atoms with E-state index in [0.717, 1.165) is 30.5 Å². The van der Waals surface area contributed by atoms with Crippen molar-refractivity contribution in [2.45, 2.75) is 80.7 Å². The molecule has 0 spiro atoms. The van der Waals surface area contributed by atoms with Crippen LogP contribution in [0.4, 0.5) is 0 Å². The summed E-state index contributed by atoms with van der Waals surface area (Å²) in [6.07, 6.45) is 12.2. The Labute approximate surface area is 210 Å². The van der Waals surface area contributed by atoms with Crippen molar-refractivity contribution in [3.63, 3.8) is 0 Å². The number of allylic oxidation sites excluding steroid dienone is 5. The molecule has 0 fully saturated rings. The highest BCUT2D eigenvalue weighted by atomic mass is 15.1. The molecule has 0 saturated carbocycles. The second-order valence-electron chi connectivity index (χ2n) is 11.5. The molecule has 1 aromatic rings. The lowest BCUT2D eigenvalue weighted by molar-refractivity contribution is 0.440. The van der Waals surface area contributed by atoms with E-state index in [2.05, 4.69) is 128 Å². The van der Waals surface area contributed by atoms with Gasteiger partial charge in [-0.1, -0.05) is 84.5 Å². The molecule has 1 aliphatic rings. The van der Waals surface area contributed by atoms with Gasteiger partial charge in [0.15, 0.2) is 0 Å². The largest absolute Gasteiger partial charge is 0.381 e. The first-order chi connectivity index (χ1) is 15.8. The lowest BCUT2D eigenvalue weighted by Gasteiger charge is -2.31. The van der Waals surface area contributed by atoms with Gasteiger partial charge in [-0.25, -0.2) is 0 Å². The standard InChI is InChI=1S/C32H48N2/c1-22(2)24(4)14-15-27(7)34(11)29-18-16-28(17-19-29)33-31(21-26(6)32(8,9)10)30-20-23(3)12-13-25(30)5/h12-15,18,20-22,24,28,33H,6-7,16-17,19H2,1-5,8-11H3/b15-14+,31-21+. The van der Waals surface area contributed by atoms with Crippen LogP contribution in [0, 0.1) is 31.1 Å². The number of benzene rings is 1. The van der Waals surface area contributed by atoms with E-state index in [-0.39, 0.29) is 5.41 Å². The highest BCUT2D eigenvalue weighted by Gasteiger charge is 2.21. The van der Waals surface area contributed by atoms with Gasteiger partial charge in [0.2, 0.25) is 0 Å². The molecule has 0 bridgehead atoms. The summed E-state index contributed by atoms with van der Waals surface area (Å²) in [5, 5.41) is 3.89. The highest BCUT2D eigenvalue weighted by molar-refractivity contribution is 5.70. The third-order valence-corrected chi connectivity index (χ3v) is 7.22. The van der Waals surface area contributed by atoms with E-state index in [1.54, 1.807) is 0 Å². The van der Waals surface area contributed by atoms with Crippen molar-refractivity contribution in [2.24, 2.45) is 17.3 Å². The van der Waals surface area contributed by atoms with Crippen LogP contribution in [0.3, 0.4) is 0 Å². The topological polar surface area (TPSA) is 15.3 Å². The van der Waals surface area contributed by atoms with E-state index in [1.165, 1.54) is 28.1 Å². The number of hydrogen-bond acceptors (Lipinski definition) is 2. The first-order valence-corrected chi connectivity index (χ1v) is 12.8. The molecule has 1 aliphatic carbocycles. The Morgan fingerprint density at radius 3 is 2.38 bits per heavy atom. The van der Waals surface area contributed by atoms with Gasteiger partial charge in [-0.05, 0) is 79.7 Å². The minimum Gasteiger partial charge on any atom is -0.381 e. The molecule has 1 aromatic carbocycles. The van der Waals surface area contributed by atoms with Crippen molar-refractivity contribution in [1.29, 1.82) is 0 Å². The van der Waals surface area contributed by atoms with E-state index in [1.807, 2.05) is 0 Å². The number of rotatable bonds is 9. The van der Waals surface area contributed by atoms with E-state index in [0.29, 0.717) is 17.9 Å². The number of aryl methyl sites for hydroxylation is 2. The maximum absolute atomic E-state index is 4.38. The highest BCUT2D eigenvalue weighted by Crippen LogP contribution is 2.30. The van der Waals surface area contributed by atoms with Gasteiger partial charge in [0, 0.05) is 35.7 Å². The molecule has 186 valence electrons. The molecule has 34 heavy (non-hydrogen) atoms. The fraction of sp³-hybridized carbons (Fsp3) is 0.500. The smallest absolute Gasteiger partial charge is 0.0421 e. The zero-order valence-electron chi connectivity index (χ0n) is 23.3. The zero-order valence-corrected chi connectivity index (χ0v) is 23.3. The number of likely N-dealkylation sites (N-methyl/N-ethyl adjacent to an activating group) is 1. The summed E-state index contributed by atoms with van der Waals surface area (Å²) in [6.45, 7) is 26.5. The lowest BCUT2D eigenvalue weighted by atomic mass is 9.86. The van der Waals surface area contributed by atoms with Crippen LogP contribution in [0.2, 0.25) is 0 Å². The van der Waals surface area contributed by atoms with Gasteiger partial charge >= 0.3 is 0 Å². The van der Waals surface area contributed by atoms with E-state index in [4.69, 9.17) is 0 Å². The fourth-order valence-electron chi connectivity index (χ4n) is 3.87. The molecule has 0 heterocycles. The van der Waals surface area contributed by atoms with Crippen LogP contribution in [-0.2, 0) is 0 Å². The summed E-state index contributed by atoms with van der Waals surface area (Å²) in [6, 6.07) is 7.09. The van der Waals surface area contributed by atoms with Crippen molar-refractivity contribution in [2.75, 3.05) is 7.05 Å². The Balaban J connectivity index is 2.18. The van der Waals surface area contributed by atoms with Crippen molar-refractivity contribution < 1.29 is 0 Å². The number of nitrogens with zero attached hydrogens (tertiary/aromatic N) is 1. The third kappa shape index (κ3) is 7.79. The van der Waals surface area contributed by atoms with Crippen molar-refractivity contribution in [3.05, 3.63) is 89.3 Å². The SMILES string of the molecule is C=C(/C=C/C(C)C(C)C)N(C)C1=CCC(N/C(=C/C(=C)C(C)(C)C)c2cc(C)ccc2C)CC1. The van der Waals surface area contributed by atoms with Gasteiger partial charge in [0.25, 0.3) is 0 Å². The van der Waals surface area contributed by atoms with Gasteiger partial charge in [-0.15, -0.1) is 0 Å². The average Bonchev–Trinajstić information content (AvgIpc) is 2.77. The number of nitrogens with one attached hydrogen (secondary N) is 1. The minimum atomic E-state index is 0.0357. The van der Waals surface area contributed by atoms with Crippen LogP contribution in [0.1, 0.15) is 77.5 Å². The maximum Gasteiger partial charge on any atom is 0.0421 e. The fourth-order valence-corrected chi connectivity index (χ4v) is 3.87. The molecule has 2 rings (SSSR count). The maximum atomic E-state index is 4.38. The molecular formula is C32H48N2. The summed E-state index contributed by atoms with van der Waals surface area (Å²) in [5.41, 5.74) is 8.62. The van der Waals surface area contributed by atoms with E-state index in [9.17, 15) is 0 Å². The lowest BCUT2D eigenvalue weighted by Crippen LogP contribution is -2.31. The Kier molecular flexibility index (Phi) is 9.62. The molecule has 0 radical (unpaired) electrons. The Morgan fingerprint density at radius 2 is 1.82 bits per heavy atom. The van der Waals surface area contributed by atoms with Crippen LogP contribution in [-0.4, -0.2) is 18.0 Å². The third-order valence-electron chi connectivity index (χ3n) is 7.22. The number of hydrogen-bond donors (Lipinski definition) is 1. The van der Waals surface area contributed by atoms with Gasteiger partial charge in [0.05, 0.1) is 0 Å². The molecule has 2 nitrogen and oxygen atoms in total. The van der Waals surface area contributed by atoms with Crippen LogP contribution < -0.4 is 5.32 Å². The van der Waals surface area contributed by atoms with Crippen molar-refractivity contribution >= 4 is 5.70 Å². The molecule has 0 saturated heterocycles. The molecular weight excluding hydrogens is 412 g/mol. The molecule has 1 N–H and O–H groups in total. The molecule has 0 amide bonds. The van der Waals surface area contributed by atoms with Gasteiger partial charge in [-0.3, -0.25) is 0 Å². The van der Waals surface area contributed by atoms with Crippen LogP contribution in [0.15, 0.2) is 72.6 Å². The zero-order chi connectivity index (χ0) is 25.6. The Morgan fingerprint density at radius 1 is 1.15 bits per heavy atom. The van der Waals surface area contributed by atoms with E-state index < -0.39 is 0 Å². The van der Waals surface area contributed by atoms with Gasteiger partial charge in [-0.2, -0.15) is 0 Å². The Bertz CT molecular complexity index is 965. The molecule has 2 atom stereocenters.